The molecule has 1 heterocycles. The van der Waals surface area contributed by atoms with E-state index < -0.39 is 47.5 Å². The van der Waals surface area contributed by atoms with Crippen molar-refractivity contribution in [3.63, 3.8) is 0 Å². The molecule has 218 valence electrons. The van der Waals surface area contributed by atoms with Gasteiger partial charge in [-0.15, -0.1) is 0 Å². The molecule has 0 spiro atoms. The van der Waals surface area contributed by atoms with Crippen LogP contribution in [-0.4, -0.2) is 25.4 Å². The van der Waals surface area contributed by atoms with Gasteiger partial charge in [-0.25, -0.2) is 4.79 Å². The first-order valence-corrected chi connectivity index (χ1v) is 13.4. The number of alkyl halides is 3. The van der Waals surface area contributed by atoms with Crippen LogP contribution in [0.15, 0.2) is 63.8 Å². The molecule has 0 aliphatic carbocycles. The average Bonchev–Trinajstić information content (AvgIpc) is 2.83. The summed E-state index contributed by atoms with van der Waals surface area (Å²) in [7, 11) is 0. The van der Waals surface area contributed by atoms with Gasteiger partial charge in [-0.3, -0.25) is 4.79 Å². The molecule has 0 amide bonds. The Morgan fingerprint density at radius 2 is 1.55 bits per heavy atom. The average molecular weight is 561 g/mol. The van der Waals surface area contributed by atoms with Crippen molar-refractivity contribution in [3.05, 3.63) is 65.0 Å². The van der Waals surface area contributed by atoms with Crippen LogP contribution < -0.4 is 10.4 Å². The number of benzene rings is 2. The Labute approximate surface area is 233 Å². The first-order chi connectivity index (χ1) is 18.4. The molecule has 0 saturated carbocycles. The van der Waals surface area contributed by atoms with E-state index in [1.54, 1.807) is 30.3 Å². The predicted molar refractivity (Wildman–Crippen MR) is 150 cm³/mol. The maximum absolute atomic E-state index is 13.4. The van der Waals surface area contributed by atoms with Crippen molar-refractivity contribution >= 4 is 16.9 Å². The van der Waals surface area contributed by atoms with Crippen molar-refractivity contribution in [2.45, 2.75) is 67.5 Å². The van der Waals surface area contributed by atoms with E-state index in [9.17, 15) is 22.8 Å². The molecule has 0 N–H and O–H groups in total. The molecule has 40 heavy (non-hydrogen) atoms. The van der Waals surface area contributed by atoms with Crippen LogP contribution in [0.4, 0.5) is 13.2 Å². The Hall–Kier alpha value is -3.29. The van der Waals surface area contributed by atoms with E-state index >= 15 is 0 Å². The summed E-state index contributed by atoms with van der Waals surface area (Å²) in [6.45, 7) is 12.9. The van der Waals surface area contributed by atoms with E-state index in [4.69, 9.17) is 13.9 Å². The zero-order chi connectivity index (χ0) is 29.9. The fourth-order valence-electron chi connectivity index (χ4n) is 4.76. The van der Waals surface area contributed by atoms with Crippen LogP contribution in [0.25, 0.3) is 22.1 Å². The Morgan fingerprint density at radius 3 is 2.12 bits per heavy atom. The van der Waals surface area contributed by atoms with Crippen molar-refractivity contribution in [2.24, 2.45) is 22.2 Å². The van der Waals surface area contributed by atoms with Gasteiger partial charge >= 0.3 is 17.8 Å². The molecule has 2 unspecified atom stereocenters. The Balaban J connectivity index is 1.76. The van der Waals surface area contributed by atoms with Crippen LogP contribution in [0.5, 0.6) is 5.75 Å². The zero-order valence-corrected chi connectivity index (χ0v) is 24.3. The van der Waals surface area contributed by atoms with Gasteiger partial charge in [0.2, 0.25) is 0 Å². The molecule has 2 aromatic carbocycles. The van der Waals surface area contributed by atoms with E-state index in [0.717, 1.165) is 0 Å². The molecular formula is C32H39F3O5. The van der Waals surface area contributed by atoms with Gasteiger partial charge in [0.15, 0.2) is 0 Å². The number of hydrogen-bond acceptors (Lipinski definition) is 5. The SMILES string of the molecule is CC(C)(C)CC(C)(C(=O)OCC(COc1ccc2cc(-c3ccccc3)c(=O)oc2c1)CC(F)(F)F)C(C)(C)C. The van der Waals surface area contributed by atoms with Crippen LogP contribution >= 0.6 is 0 Å². The third kappa shape index (κ3) is 8.12. The minimum absolute atomic E-state index is 0.192. The number of hydrogen-bond donors (Lipinski definition) is 0. The molecule has 1 aromatic heterocycles. The highest BCUT2D eigenvalue weighted by Crippen LogP contribution is 2.47. The molecule has 0 fully saturated rings. The van der Waals surface area contributed by atoms with Crippen LogP contribution in [0.2, 0.25) is 0 Å². The number of halogens is 3. The van der Waals surface area contributed by atoms with Crippen LogP contribution in [0.1, 0.15) is 61.3 Å². The van der Waals surface area contributed by atoms with Crippen molar-refractivity contribution in [2.75, 3.05) is 13.2 Å². The van der Waals surface area contributed by atoms with Crippen LogP contribution in [0, 0.1) is 22.2 Å². The second kappa shape index (κ2) is 11.7. The van der Waals surface area contributed by atoms with E-state index in [-0.39, 0.29) is 23.4 Å². The van der Waals surface area contributed by atoms with E-state index in [0.29, 0.717) is 22.9 Å². The highest BCUT2D eigenvalue weighted by Gasteiger charge is 2.48. The quantitative estimate of drug-likeness (QED) is 0.194. The molecule has 3 aromatic rings. The van der Waals surface area contributed by atoms with Crippen LogP contribution in [-0.2, 0) is 9.53 Å². The molecule has 0 saturated heterocycles. The van der Waals surface area contributed by atoms with Crippen molar-refractivity contribution in [1.29, 1.82) is 0 Å². The molecule has 0 aliphatic rings. The van der Waals surface area contributed by atoms with E-state index in [1.165, 1.54) is 6.07 Å². The van der Waals surface area contributed by atoms with Gasteiger partial charge in [-0.1, -0.05) is 71.9 Å². The van der Waals surface area contributed by atoms with Gasteiger partial charge in [0, 0.05) is 17.4 Å². The highest BCUT2D eigenvalue weighted by molar-refractivity contribution is 5.82. The monoisotopic (exact) mass is 560 g/mol. The molecule has 5 nitrogen and oxygen atoms in total. The minimum Gasteiger partial charge on any atom is -0.493 e. The number of carbonyl (C=O) groups excluding carboxylic acids is 1. The summed E-state index contributed by atoms with van der Waals surface area (Å²) in [5, 5.41) is 0.645. The third-order valence-corrected chi connectivity index (χ3v) is 7.24. The smallest absolute Gasteiger partial charge is 0.389 e. The molecule has 8 heteroatoms. The fraction of sp³-hybridized carbons (Fsp3) is 0.500. The van der Waals surface area contributed by atoms with Gasteiger partial charge < -0.3 is 13.9 Å². The Bertz CT molecular complexity index is 1360. The number of rotatable bonds is 9. The summed E-state index contributed by atoms with van der Waals surface area (Å²) in [4.78, 5) is 25.8. The zero-order valence-electron chi connectivity index (χ0n) is 24.3. The normalized spacial score (nSPS) is 14.9. The Kier molecular flexibility index (Phi) is 9.12. The summed E-state index contributed by atoms with van der Waals surface area (Å²) in [5.74, 6) is -1.40. The molecule has 2 atom stereocenters. The second-order valence-electron chi connectivity index (χ2n) is 12.9. The minimum atomic E-state index is -4.47. The van der Waals surface area contributed by atoms with Gasteiger partial charge in [0.25, 0.3) is 0 Å². The molecule has 0 bridgehead atoms. The molecule has 0 aliphatic heterocycles. The lowest BCUT2D eigenvalue weighted by Crippen LogP contribution is -2.45. The first kappa shape index (κ1) is 31.2. The highest BCUT2D eigenvalue weighted by atomic mass is 19.4. The number of esters is 1. The van der Waals surface area contributed by atoms with Crippen molar-refractivity contribution in [3.8, 4) is 16.9 Å². The first-order valence-electron chi connectivity index (χ1n) is 13.4. The topological polar surface area (TPSA) is 65.7 Å². The number of fused-ring (bicyclic) bond motifs is 1. The summed E-state index contributed by atoms with van der Waals surface area (Å²) in [6, 6.07) is 15.5. The molecule has 3 rings (SSSR count). The lowest BCUT2D eigenvalue weighted by atomic mass is 9.61. The third-order valence-electron chi connectivity index (χ3n) is 7.24. The molecule has 0 radical (unpaired) electrons. The number of ether oxygens (including phenoxy) is 2. The van der Waals surface area contributed by atoms with Crippen LogP contribution in [0.3, 0.4) is 0 Å². The summed E-state index contributed by atoms with van der Waals surface area (Å²) >= 11 is 0. The standard InChI is InChI=1S/C32H39F3O5/c1-29(2,3)20-31(7,30(4,5)6)28(37)39-19-21(17-32(33,34)35)18-38-24-14-13-23-15-25(22-11-9-8-10-12-22)27(36)40-26(23)16-24/h8-16,21H,17-20H2,1-7H3. The molecular weight excluding hydrogens is 521 g/mol. The lowest BCUT2D eigenvalue weighted by molar-refractivity contribution is -0.173. The predicted octanol–water partition coefficient (Wildman–Crippen LogP) is 8.44. The van der Waals surface area contributed by atoms with E-state index in [2.05, 4.69) is 0 Å². The van der Waals surface area contributed by atoms with Gasteiger partial charge in [-0.2, -0.15) is 13.2 Å². The Morgan fingerprint density at radius 1 is 0.900 bits per heavy atom. The van der Waals surface area contributed by atoms with Crippen molar-refractivity contribution in [1.82, 2.24) is 0 Å². The lowest BCUT2D eigenvalue weighted by Gasteiger charge is -2.43. The van der Waals surface area contributed by atoms with Gasteiger partial charge in [-0.05, 0) is 47.9 Å². The van der Waals surface area contributed by atoms with E-state index in [1.807, 2.05) is 66.7 Å². The van der Waals surface area contributed by atoms with Crippen molar-refractivity contribution < 1.29 is 31.9 Å². The largest absolute Gasteiger partial charge is 0.493 e. The van der Waals surface area contributed by atoms with Gasteiger partial charge in [0.1, 0.15) is 11.3 Å². The fourth-order valence-corrected chi connectivity index (χ4v) is 4.76. The summed E-state index contributed by atoms with van der Waals surface area (Å²) in [6.07, 6.45) is -5.13. The summed E-state index contributed by atoms with van der Waals surface area (Å²) < 4.78 is 56.9. The summed E-state index contributed by atoms with van der Waals surface area (Å²) in [5.41, 5.74) is -0.719. The maximum atomic E-state index is 13.4. The second-order valence-corrected chi connectivity index (χ2v) is 12.9. The number of carbonyl (C=O) groups is 1. The van der Waals surface area contributed by atoms with Gasteiger partial charge in [0.05, 0.1) is 30.6 Å². The maximum Gasteiger partial charge on any atom is 0.389 e.